The van der Waals surface area contributed by atoms with E-state index in [0.717, 1.165) is 6.29 Å². The van der Waals surface area contributed by atoms with Crippen molar-refractivity contribution >= 4 is 6.29 Å². The topological polar surface area (TPSA) is 34.9 Å². The molecule has 0 aromatic carbocycles. The van der Waals surface area contributed by atoms with Gasteiger partial charge in [-0.2, -0.15) is 5.10 Å². The highest BCUT2D eigenvalue weighted by Crippen LogP contribution is 2.41. The summed E-state index contributed by atoms with van der Waals surface area (Å²) in [5, 5.41) is 4.39. The normalized spacial score (nSPS) is 20.3. The Balaban J connectivity index is 2.20. The van der Waals surface area contributed by atoms with Gasteiger partial charge in [0.05, 0.1) is 11.3 Å². The lowest BCUT2D eigenvalue weighted by atomic mass is 9.84. The molecule has 0 saturated heterocycles. The number of hydrogen-bond acceptors (Lipinski definition) is 2. The maximum absolute atomic E-state index is 13.1. The molecule has 1 aliphatic rings. The molecule has 1 saturated carbocycles. The fraction of sp³-hybridized carbons (Fsp3) is 0.692. The van der Waals surface area contributed by atoms with Crippen LogP contribution in [-0.2, 0) is 0 Å². The summed E-state index contributed by atoms with van der Waals surface area (Å²) in [5.41, 5.74) is 1.23. The molecule has 0 aliphatic heterocycles. The van der Waals surface area contributed by atoms with Gasteiger partial charge < -0.3 is 0 Å². The molecule has 0 amide bonds. The van der Waals surface area contributed by atoms with E-state index in [0.29, 0.717) is 24.1 Å². The monoisotopic (exact) mass is 256 g/mol. The SMILES string of the molecule is CC(C)n1cc(C=O)c(C2CCC(F)(F)CC2)n1. The summed E-state index contributed by atoms with van der Waals surface area (Å²) in [7, 11) is 0. The predicted octanol–water partition coefficient (Wildman–Crippen LogP) is 3.57. The zero-order valence-electron chi connectivity index (χ0n) is 10.7. The van der Waals surface area contributed by atoms with E-state index >= 15 is 0 Å². The first-order valence-electron chi connectivity index (χ1n) is 6.35. The maximum Gasteiger partial charge on any atom is 0.248 e. The fourth-order valence-electron chi connectivity index (χ4n) is 2.41. The standard InChI is InChI=1S/C13H18F2N2O/c1-9(2)17-7-11(8-18)12(16-17)10-3-5-13(14,15)6-4-10/h7-10H,3-6H2,1-2H3. The van der Waals surface area contributed by atoms with Gasteiger partial charge in [0.2, 0.25) is 5.92 Å². The molecule has 0 bridgehead atoms. The number of nitrogens with zero attached hydrogens (tertiary/aromatic N) is 2. The molecule has 3 nitrogen and oxygen atoms in total. The molecule has 1 heterocycles. The Morgan fingerprint density at radius 3 is 2.56 bits per heavy atom. The molecule has 5 heteroatoms. The molecule has 0 spiro atoms. The molecule has 100 valence electrons. The van der Waals surface area contributed by atoms with Crippen molar-refractivity contribution in [2.75, 3.05) is 0 Å². The molecule has 1 aliphatic carbocycles. The molecule has 0 radical (unpaired) electrons. The second-order valence-electron chi connectivity index (χ2n) is 5.29. The second kappa shape index (κ2) is 4.78. The average Bonchev–Trinajstić information content (AvgIpc) is 2.73. The van der Waals surface area contributed by atoms with E-state index in [4.69, 9.17) is 0 Å². The number of carbonyl (C=O) groups is 1. The molecular formula is C13H18F2N2O. The number of aromatic nitrogens is 2. The highest BCUT2D eigenvalue weighted by atomic mass is 19.3. The highest BCUT2D eigenvalue weighted by Gasteiger charge is 2.36. The quantitative estimate of drug-likeness (QED) is 0.775. The third-order valence-electron chi connectivity index (χ3n) is 3.55. The largest absolute Gasteiger partial charge is 0.298 e. The van der Waals surface area contributed by atoms with Gasteiger partial charge in [-0.15, -0.1) is 0 Å². The first kappa shape index (κ1) is 13.2. The lowest BCUT2D eigenvalue weighted by Crippen LogP contribution is -2.24. The number of halogens is 2. The van der Waals surface area contributed by atoms with Crippen LogP contribution in [0.2, 0.25) is 0 Å². The van der Waals surface area contributed by atoms with Crippen molar-refractivity contribution in [2.24, 2.45) is 0 Å². The van der Waals surface area contributed by atoms with Gasteiger partial charge in [0.25, 0.3) is 0 Å². The van der Waals surface area contributed by atoms with E-state index in [-0.39, 0.29) is 24.8 Å². The van der Waals surface area contributed by atoms with Gasteiger partial charge in [-0.05, 0) is 26.7 Å². The summed E-state index contributed by atoms with van der Waals surface area (Å²) < 4.78 is 28.0. The van der Waals surface area contributed by atoms with Crippen LogP contribution in [0.1, 0.15) is 67.5 Å². The Labute approximate surface area is 105 Å². The van der Waals surface area contributed by atoms with E-state index in [1.807, 2.05) is 13.8 Å². The highest BCUT2D eigenvalue weighted by molar-refractivity contribution is 5.76. The first-order valence-corrected chi connectivity index (χ1v) is 6.35. The third-order valence-corrected chi connectivity index (χ3v) is 3.55. The Morgan fingerprint density at radius 2 is 2.06 bits per heavy atom. The van der Waals surface area contributed by atoms with Crippen molar-refractivity contribution in [1.29, 1.82) is 0 Å². The van der Waals surface area contributed by atoms with Crippen LogP contribution in [0.15, 0.2) is 6.20 Å². The van der Waals surface area contributed by atoms with Crippen LogP contribution in [0.5, 0.6) is 0 Å². The summed E-state index contributed by atoms with van der Waals surface area (Å²) >= 11 is 0. The Kier molecular flexibility index (Phi) is 3.50. The van der Waals surface area contributed by atoms with Gasteiger partial charge in [0.15, 0.2) is 6.29 Å². The number of rotatable bonds is 3. The van der Waals surface area contributed by atoms with Gasteiger partial charge in [0, 0.05) is 31.0 Å². The lowest BCUT2D eigenvalue weighted by molar-refractivity contribution is -0.0385. The van der Waals surface area contributed by atoms with E-state index in [1.165, 1.54) is 0 Å². The molecule has 1 fully saturated rings. The van der Waals surface area contributed by atoms with Crippen LogP contribution in [-0.4, -0.2) is 22.0 Å². The van der Waals surface area contributed by atoms with E-state index < -0.39 is 5.92 Å². The van der Waals surface area contributed by atoms with Crippen molar-refractivity contribution in [3.8, 4) is 0 Å². The predicted molar refractivity (Wildman–Crippen MR) is 64.2 cm³/mol. The molecule has 18 heavy (non-hydrogen) atoms. The summed E-state index contributed by atoms with van der Waals surface area (Å²) in [5.74, 6) is -2.55. The number of hydrogen-bond donors (Lipinski definition) is 0. The summed E-state index contributed by atoms with van der Waals surface area (Å²) in [6.45, 7) is 3.95. The van der Waals surface area contributed by atoms with Crippen molar-refractivity contribution in [3.63, 3.8) is 0 Å². The lowest BCUT2D eigenvalue weighted by Gasteiger charge is -2.27. The zero-order valence-corrected chi connectivity index (χ0v) is 10.7. The van der Waals surface area contributed by atoms with Crippen LogP contribution in [0.4, 0.5) is 8.78 Å². The molecule has 2 rings (SSSR count). The minimum Gasteiger partial charge on any atom is -0.298 e. The van der Waals surface area contributed by atoms with Gasteiger partial charge >= 0.3 is 0 Å². The molecular weight excluding hydrogens is 238 g/mol. The molecule has 1 aromatic heterocycles. The minimum absolute atomic E-state index is 0.00942. The van der Waals surface area contributed by atoms with Crippen LogP contribution < -0.4 is 0 Å². The molecule has 0 N–H and O–H groups in total. The van der Waals surface area contributed by atoms with Crippen LogP contribution in [0, 0.1) is 0 Å². The Bertz CT molecular complexity index is 430. The van der Waals surface area contributed by atoms with E-state index in [9.17, 15) is 13.6 Å². The summed E-state index contributed by atoms with van der Waals surface area (Å²) in [4.78, 5) is 11.0. The third kappa shape index (κ3) is 2.60. The van der Waals surface area contributed by atoms with Gasteiger partial charge in [-0.25, -0.2) is 8.78 Å². The van der Waals surface area contributed by atoms with Crippen molar-refractivity contribution in [3.05, 3.63) is 17.5 Å². The first-order chi connectivity index (χ1) is 8.43. The average molecular weight is 256 g/mol. The number of carbonyl (C=O) groups excluding carboxylic acids is 1. The van der Waals surface area contributed by atoms with E-state index in [1.54, 1.807) is 10.9 Å². The van der Waals surface area contributed by atoms with Crippen LogP contribution >= 0.6 is 0 Å². The summed E-state index contributed by atoms with van der Waals surface area (Å²) in [6, 6.07) is 0.169. The smallest absolute Gasteiger partial charge is 0.248 e. The van der Waals surface area contributed by atoms with Crippen LogP contribution in [0.25, 0.3) is 0 Å². The number of aldehydes is 1. The maximum atomic E-state index is 13.1. The molecule has 1 aromatic rings. The fourth-order valence-corrected chi connectivity index (χ4v) is 2.41. The minimum atomic E-state index is -2.54. The van der Waals surface area contributed by atoms with Gasteiger partial charge in [0.1, 0.15) is 0 Å². The summed E-state index contributed by atoms with van der Waals surface area (Å²) in [6.07, 6.45) is 3.08. The van der Waals surface area contributed by atoms with Crippen molar-refractivity contribution in [2.45, 2.75) is 57.4 Å². The van der Waals surface area contributed by atoms with Crippen LogP contribution in [0.3, 0.4) is 0 Å². The van der Waals surface area contributed by atoms with Gasteiger partial charge in [-0.3, -0.25) is 9.48 Å². The Morgan fingerprint density at radius 1 is 1.44 bits per heavy atom. The Hall–Kier alpha value is -1.26. The molecule has 0 unspecified atom stereocenters. The second-order valence-corrected chi connectivity index (χ2v) is 5.29. The van der Waals surface area contributed by atoms with Crippen molar-refractivity contribution in [1.82, 2.24) is 9.78 Å². The van der Waals surface area contributed by atoms with Crippen molar-refractivity contribution < 1.29 is 13.6 Å². The van der Waals surface area contributed by atoms with Gasteiger partial charge in [-0.1, -0.05) is 0 Å². The zero-order chi connectivity index (χ0) is 13.3. The van der Waals surface area contributed by atoms with E-state index in [2.05, 4.69) is 5.10 Å². The number of alkyl halides is 2. The molecule has 0 atom stereocenters.